The summed E-state index contributed by atoms with van der Waals surface area (Å²) in [6, 6.07) is 5.74. The van der Waals surface area contributed by atoms with Gasteiger partial charge < -0.3 is 15.3 Å². The summed E-state index contributed by atoms with van der Waals surface area (Å²) in [5.74, 6) is 0.931. The number of thioether (sulfide) groups is 1. The molecule has 5 heteroatoms. The van der Waals surface area contributed by atoms with Crippen molar-refractivity contribution >= 4 is 23.5 Å². The Morgan fingerprint density at radius 2 is 2.23 bits per heavy atom. The molecule has 0 unspecified atom stereocenters. The topological polar surface area (TPSA) is 52.6 Å². The first-order valence-electron chi connectivity index (χ1n) is 7.47. The number of hydrogen-bond acceptors (Lipinski definition) is 3. The van der Waals surface area contributed by atoms with E-state index < -0.39 is 0 Å². The maximum atomic E-state index is 12.3. The minimum absolute atomic E-state index is 0.0642. The van der Waals surface area contributed by atoms with Gasteiger partial charge in [0.15, 0.2) is 0 Å². The lowest BCUT2D eigenvalue weighted by Gasteiger charge is -2.21. The Hall–Kier alpha value is -1.46. The summed E-state index contributed by atoms with van der Waals surface area (Å²) in [6.07, 6.45) is 1.65. The molecule has 0 bridgehead atoms. The number of hydrogen-bond donors (Lipinski definition) is 2. The van der Waals surface area contributed by atoms with E-state index in [9.17, 15) is 4.79 Å². The first-order valence-corrected chi connectivity index (χ1v) is 8.52. The molecule has 4 nitrogen and oxygen atoms in total. The molecule has 0 fully saturated rings. The highest BCUT2D eigenvalue weighted by Gasteiger charge is 2.13. The summed E-state index contributed by atoms with van der Waals surface area (Å²) < 4.78 is 0. The molecule has 1 aromatic rings. The van der Waals surface area contributed by atoms with E-state index in [1.54, 1.807) is 6.08 Å². The van der Waals surface area contributed by atoms with Gasteiger partial charge in [0.05, 0.1) is 6.61 Å². The second-order valence-corrected chi connectivity index (χ2v) is 6.90. The predicted molar refractivity (Wildman–Crippen MR) is 95.5 cm³/mol. The van der Waals surface area contributed by atoms with Gasteiger partial charge in [0.2, 0.25) is 0 Å². The van der Waals surface area contributed by atoms with Crippen LogP contribution in [0.1, 0.15) is 25.0 Å². The quantitative estimate of drug-likeness (QED) is 0.718. The minimum atomic E-state index is -0.217. The smallest absolute Gasteiger partial charge is 0.322 e. The Bertz CT molecular complexity index is 503. The van der Waals surface area contributed by atoms with Gasteiger partial charge in [-0.2, -0.15) is 11.8 Å². The molecule has 22 heavy (non-hydrogen) atoms. The molecule has 122 valence electrons. The Morgan fingerprint density at radius 3 is 2.82 bits per heavy atom. The summed E-state index contributed by atoms with van der Waals surface area (Å²) >= 11 is 1.88. The molecular formula is C17H26N2O2S. The number of nitrogens with one attached hydrogen (secondary N) is 1. The maximum absolute atomic E-state index is 12.3. The van der Waals surface area contributed by atoms with Crippen LogP contribution in [0.5, 0.6) is 0 Å². The van der Waals surface area contributed by atoms with Crippen LogP contribution in [-0.4, -0.2) is 41.0 Å². The third-order valence-corrected chi connectivity index (χ3v) is 4.41. The molecule has 0 saturated heterocycles. The highest BCUT2D eigenvalue weighted by Crippen LogP contribution is 2.25. The summed E-state index contributed by atoms with van der Waals surface area (Å²) in [7, 11) is 0. The zero-order valence-electron chi connectivity index (χ0n) is 13.6. The molecule has 0 atom stereocenters. The van der Waals surface area contributed by atoms with Gasteiger partial charge in [-0.1, -0.05) is 32.1 Å². The fourth-order valence-electron chi connectivity index (χ4n) is 1.98. The molecule has 0 aliphatic rings. The SMILES string of the molecule is C=CCN(CCO)C(=O)Nc1cccc(CSC(C)C)c1C. The summed E-state index contributed by atoms with van der Waals surface area (Å²) in [5, 5.41) is 12.5. The van der Waals surface area contributed by atoms with Crippen LogP contribution in [0.15, 0.2) is 30.9 Å². The van der Waals surface area contributed by atoms with E-state index in [1.165, 1.54) is 10.5 Å². The average molecular weight is 322 g/mol. The highest BCUT2D eigenvalue weighted by atomic mass is 32.2. The van der Waals surface area contributed by atoms with Crippen molar-refractivity contribution in [2.75, 3.05) is 25.0 Å². The van der Waals surface area contributed by atoms with Crippen molar-refractivity contribution in [3.63, 3.8) is 0 Å². The normalized spacial score (nSPS) is 10.6. The molecule has 1 aromatic carbocycles. The Labute approximate surface area is 137 Å². The number of amides is 2. The number of nitrogens with zero attached hydrogens (tertiary/aromatic N) is 1. The van der Waals surface area contributed by atoms with Crippen molar-refractivity contribution in [2.45, 2.75) is 31.8 Å². The number of rotatable bonds is 8. The first kappa shape index (κ1) is 18.6. The van der Waals surface area contributed by atoms with Gasteiger partial charge in [-0.25, -0.2) is 4.79 Å². The van der Waals surface area contributed by atoms with Gasteiger partial charge in [-0.3, -0.25) is 0 Å². The lowest BCUT2D eigenvalue weighted by molar-refractivity contribution is 0.195. The van der Waals surface area contributed by atoms with Crippen LogP contribution in [0, 0.1) is 6.92 Å². The summed E-state index contributed by atoms with van der Waals surface area (Å²) in [4.78, 5) is 13.8. The number of benzene rings is 1. The number of carbonyl (C=O) groups excluding carboxylic acids is 1. The zero-order chi connectivity index (χ0) is 16.5. The lowest BCUT2D eigenvalue weighted by atomic mass is 10.1. The van der Waals surface area contributed by atoms with Gasteiger partial charge in [0.1, 0.15) is 0 Å². The molecule has 2 amide bonds. The monoisotopic (exact) mass is 322 g/mol. The van der Waals surface area contributed by atoms with Crippen LogP contribution in [0.2, 0.25) is 0 Å². The number of urea groups is 1. The third kappa shape index (κ3) is 5.73. The number of carbonyl (C=O) groups is 1. The van der Waals surface area contributed by atoms with Crippen LogP contribution in [0.25, 0.3) is 0 Å². The van der Waals surface area contributed by atoms with Crippen molar-refractivity contribution in [2.24, 2.45) is 0 Å². The molecule has 1 rings (SSSR count). The Kier molecular flexibility index (Phi) is 8.06. The van der Waals surface area contributed by atoms with Crippen LogP contribution in [0.4, 0.5) is 10.5 Å². The van der Waals surface area contributed by atoms with E-state index in [4.69, 9.17) is 5.11 Å². The predicted octanol–water partition coefficient (Wildman–Crippen LogP) is 3.65. The standard InChI is InChI=1S/C17H26N2O2S/c1-5-9-19(10-11-20)17(21)18-16-8-6-7-15(14(16)4)12-22-13(2)3/h5-8,13,20H,1,9-12H2,2-4H3,(H,18,21). The summed E-state index contributed by atoms with van der Waals surface area (Å²) in [5.41, 5.74) is 3.14. The van der Waals surface area contributed by atoms with Crippen molar-refractivity contribution in [1.82, 2.24) is 4.90 Å². The van der Waals surface area contributed by atoms with Crippen LogP contribution in [-0.2, 0) is 5.75 Å². The Morgan fingerprint density at radius 1 is 1.50 bits per heavy atom. The van der Waals surface area contributed by atoms with E-state index in [1.807, 2.05) is 30.8 Å². The molecule has 0 aliphatic carbocycles. The van der Waals surface area contributed by atoms with Crippen molar-refractivity contribution < 1.29 is 9.90 Å². The lowest BCUT2D eigenvalue weighted by Crippen LogP contribution is -2.37. The van der Waals surface area contributed by atoms with Gasteiger partial charge >= 0.3 is 6.03 Å². The van der Waals surface area contributed by atoms with Gasteiger partial charge in [0, 0.05) is 24.5 Å². The zero-order valence-corrected chi connectivity index (χ0v) is 14.4. The molecule has 0 radical (unpaired) electrons. The van der Waals surface area contributed by atoms with E-state index in [0.717, 1.165) is 17.0 Å². The fraction of sp³-hybridized carbons (Fsp3) is 0.471. The summed E-state index contributed by atoms with van der Waals surface area (Å²) in [6.45, 7) is 10.6. The van der Waals surface area contributed by atoms with Crippen molar-refractivity contribution in [3.8, 4) is 0 Å². The minimum Gasteiger partial charge on any atom is -0.395 e. The molecule has 2 N–H and O–H groups in total. The molecule has 0 heterocycles. The van der Waals surface area contributed by atoms with Gasteiger partial charge in [-0.05, 0) is 29.4 Å². The highest BCUT2D eigenvalue weighted by molar-refractivity contribution is 7.99. The van der Waals surface area contributed by atoms with E-state index in [2.05, 4.69) is 31.8 Å². The van der Waals surface area contributed by atoms with Crippen molar-refractivity contribution in [1.29, 1.82) is 0 Å². The molecule has 0 aromatic heterocycles. The molecule has 0 saturated carbocycles. The van der Waals surface area contributed by atoms with Gasteiger partial charge in [-0.15, -0.1) is 6.58 Å². The average Bonchev–Trinajstić information content (AvgIpc) is 2.47. The molecule has 0 spiro atoms. The van der Waals surface area contributed by atoms with E-state index in [0.29, 0.717) is 18.3 Å². The van der Waals surface area contributed by atoms with Crippen LogP contribution >= 0.6 is 11.8 Å². The number of aliphatic hydroxyl groups excluding tert-OH is 1. The van der Waals surface area contributed by atoms with Crippen LogP contribution < -0.4 is 5.32 Å². The number of anilines is 1. The van der Waals surface area contributed by atoms with E-state index in [-0.39, 0.29) is 12.6 Å². The van der Waals surface area contributed by atoms with Gasteiger partial charge in [0.25, 0.3) is 0 Å². The maximum Gasteiger partial charge on any atom is 0.322 e. The second-order valence-electron chi connectivity index (χ2n) is 5.34. The van der Waals surface area contributed by atoms with Crippen molar-refractivity contribution in [3.05, 3.63) is 42.0 Å². The first-order chi connectivity index (χ1) is 10.5. The Balaban J connectivity index is 2.81. The third-order valence-electron chi connectivity index (χ3n) is 3.27. The number of aliphatic hydroxyl groups is 1. The second kappa shape index (κ2) is 9.54. The molecule has 0 aliphatic heterocycles. The fourth-order valence-corrected chi connectivity index (χ4v) is 2.80. The van der Waals surface area contributed by atoms with Crippen LogP contribution in [0.3, 0.4) is 0 Å². The largest absolute Gasteiger partial charge is 0.395 e. The van der Waals surface area contributed by atoms with E-state index >= 15 is 0 Å². The molecular weight excluding hydrogens is 296 g/mol.